The molecule has 2 unspecified atom stereocenters. The van der Waals surface area contributed by atoms with E-state index in [1.807, 2.05) is 6.92 Å². The van der Waals surface area contributed by atoms with Crippen LogP contribution in [0.2, 0.25) is 0 Å². The van der Waals surface area contributed by atoms with Gasteiger partial charge >= 0.3 is 0 Å². The van der Waals surface area contributed by atoms with E-state index in [0.717, 1.165) is 5.75 Å². The van der Waals surface area contributed by atoms with E-state index in [4.69, 9.17) is 16.0 Å². The Morgan fingerprint density at radius 3 is 2.79 bits per heavy atom. The highest BCUT2D eigenvalue weighted by atomic mass is 35.5. The molecule has 0 spiro atoms. The molecule has 0 aromatic carbocycles. The maximum absolute atomic E-state index is 12.7. The largest absolute Gasteiger partial charge is 0.464 e. The van der Waals surface area contributed by atoms with Crippen LogP contribution in [0.4, 0.5) is 0 Å². The molecular formula is C12H18ClNO3S2. The van der Waals surface area contributed by atoms with Gasteiger partial charge in [-0.15, -0.1) is 11.6 Å². The van der Waals surface area contributed by atoms with E-state index in [-0.39, 0.29) is 16.8 Å². The lowest BCUT2D eigenvalue weighted by Gasteiger charge is -2.36. The van der Waals surface area contributed by atoms with Crippen LogP contribution < -0.4 is 0 Å². The number of thioether (sulfide) groups is 1. The van der Waals surface area contributed by atoms with E-state index < -0.39 is 10.0 Å². The first-order valence-electron chi connectivity index (χ1n) is 6.16. The Balaban J connectivity index is 2.38. The molecule has 0 N–H and O–H groups in total. The number of halogens is 1. The fourth-order valence-corrected chi connectivity index (χ4v) is 5.53. The third-order valence-corrected chi connectivity index (χ3v) is 7.16. The Labute approximate surface area is 123 Å². The van der Waals surface area contributed by atoms with Gasteiger partial charge in [0.15, 0.2) is 0 Å². The van der Waals surface area contributed by atoms with E-state index in [0.29, 0.717) is 23.3 Å². The van der Waals surface area contributed by atoms with E-state index in [9.17, 15) is 8.42 Å². The smallest absolute Gasteiger partial charge is 0.246 e. The lowest BCUT2D eigenvalue weighted by molar-refractivity contribution is 0.339. The Morgan fingerprint density at radius 1 is 1.53 bits per heavy atom. The topological polar surface area (TPSA) is 50.5 Å². The van der Waals surface area contributed by atoms with Gasteiger partial charge in [-0.2, -0.15) is 16.1 Å². The molecule has 1 aromatic rings. The summed E-state index contributed by atoms with van der Waals surface area (Å²) in [5.74, 6) is 1.90. The van der Waals surface area contributed by atoms with Crippen molar-refractivity contribution in [2.75, 3.05) is 12.3 Å². The first-order valence-corrected chi connectivity index (χ1v) is 9.19. The van der Waals surface area contributed by atoms with Gasteiger partial charge in [0.1, 0.15) is 16.4 Å². The molecule has 0 bridgehead atoms. The Kier molecular flexibility index (Phi) is 4.55. The number of aryl methyl sites for hydroxylation is 1. The van der Waals surface area contributed by atoms with Crippen LogP contribution in [0.25, 0.3) is 0 Å². The normalized spacial score (nSPS) is 25.7. The predicted molar refractivity (Wildman–Crippen MR) is 78.3 cm³/mol. The third-order valence-electron chi connectivity index (χ3n) is 3.47. The molecule has 0 saturated carbocycles. The second kappa shape index (κ2) is 5.68. The first-order chi connectivity index (χ1) is 8.87. The molecule has 2 rings (SSSR count). The molecule has 1 aliphatic rings. The van der Waals surface area contributed by atoms with E-state index in [2.05, 4.69) is 6.92 Å². The molecule has 1 fully saturated rings. The van der Waals surface area contributed by atoms with Crippen LogP contribution in [-0.4, -0.2) is 36.3 Å². The van der Waals surface area contributed by atoms with Crippen molar-refractivity contribution in [3.05, 3.63) is 17.6 Å². The minimum atomic E-state index is -3.50. The minimum absolute atomic E-state index is 0.0162. The van der Waals surface area contributed by atoms with Crippen LogP contribution in [0.1, 0.15) is 25.4 Å². The fraction of sp³-hybridized carbons (Fsp3) is 0.667. The molecule has 1 aromatic heterocycles. The monoisotopic (exact) mass is 323 g/mol. The highest BCUT2D eigenvalue weighted by Gasteiger charge is 2.36. The van der Waals surface area contributed by atoms with Gasteiger partial charge in [-0.05, 0) is 13.8 Å². The number of hydrogen-bond donors (Lipinski definition) is 0. The molecule has 0 aliphatic carbocycles. The van der Waals surface area contributed by atoms with Crippen molar-refractivity contribution in [3.63, 3.8) is 0 Å². The summed E-state index contributed by atoms with van der Waals surface area (Å²) in [6, 6.07) is 1.52. The van der Waals surface area contributed by atoms with Crippen molar-refractivity contribution in [1.82, 2.24) is 4.31 Å². The van der Waals surface area contributed by atoms with Crippen LogP contribution in [0.15, 0.2) is 15.4 Å². The third kappa shape index (κ3) is 2.82. The van der Waals surface area contributed by atoms with Crippen molar-refractivity contribution in [2.24, 2.45) is 0 Å². The number of hydrogen-bond acceptors (Lipinski definition) is 4. The number of alkyl halides is 1. The second-order valence-corrected chi connectivity index (χ2v) is 8.31. The minimum Gasteiger partial charge on any atom is -0.464 e. The summed E-state index contributed by atoms with van der Waals surface area (Å²) in [5, 5.41) is 0.295. The summed E-state index contributed by atoms with van der Waals surface area (Å²) in [6.07, 6.45) is 0. The number of nitrogens with zero attached hydrogens (tertiary/aromatic N) is 1. The molecule has 4 nitrogen and oxygen atoms in total. The van der Waals surface area contributed by atoms with E-state index >= 15 is 0 Å². The first kappa shape index (κ1) is 15.2. The Hall–Kier alpha value is -0.170. The summed E-state index contributed by atoms with van der Waals surface area (Å²) < 4.78 is 32.3. The molecule has 19 heavy (non-hydrogen) atoms. The second-order valence-electron chi connectivity index (χ2n) is 4.70. The summed E-state index contributed by atoms with van der Waals surface area (Å²) in [7, 11) is -3.50. The van der Waals surface area contributed by atoms with Crippen LogP contribution >= 0.6 is 23.4 Å². The summed E-state index contributed by atoms with van der Waals surface area (Å²) in [5.41, 5.74) is 0. The molecule has 0 radical (unpaired) electrons. The van der Waals surface area contributed by atoms with Crippen LogP contribution in [0.5, 0.6) is 0 Å². The zero-order chi connectivity index (χ0) is 14.2. The molecule has 108 valence electrons. The van der Waals surface area contributed by atoms with Gasteiger partial charge in [-0.3, -0.25) is 0 Å². The van der Waals surface area contributed by atoms with Gasteiger partial charge in [-0.1, -0.05) is 6.92 Å². The summed E-state index contributed by atoms with van der Waals surface area (Å²) in [6.45, 7) is 6.21. The summed E-state index contributed by atoms with van der Waals surface area (Å²) in [4.78, 5) is 0.245. The Morgan fingerprint density at radius 2 is 2.21 bits per heavy atom. The van der Waals surface area contributed by atoms with Gasteiger partial charge in [0.2, 0.25) is 10.0 Å². The molecule has 0 amide bonds. The number of rotatable bonds is 3. The Bertz CT molecular complexity index is 555. The van der Waals surface area contributed by atoms with Gasteiger partial charge in [0, 0.05) is 29.7 Å². The molecule has 7 heteroatoms. The van der Waals surface area contributed by atoms with Crippen molar-refractivity contribution in [1.29, 1.82) is 0 Å². The van der Waals surface area contributed by atoms with Crippen LogP contribution in [0, 0.1) is 6.92 Å². The van der Waals surface area contributed by atoms with Crippen LogP contribution in [-0.2, 0) is 15.9 Å². The highest BCUT2D eigenvalue weighted by molar-refractivity contribution is 8.00. The van der Waals surface area contributed by atoms with Crippen molar-refractivity contribution < 1.29 is 12.8 Å². The molecular weight excluding hydrogens is 306 g/mol. The quantitative estimate of drug-likeness (QED) is 0.803. The van der Waals surface area contributed by atoms with Crippen molar-refractivity contribution in [2.45, 2.75) is 42.8 Å². The molecule has 1 aliphatic heterocycles. The van der Waals surface area contributed by atoms with Gasteiger partial charge in [0.25, 0.3) is 0 Å². The zero-order valence-electron chi connectivity index (χ0n) is 11.2. The zero-order valence-corrected chi connectivity index (χ0v) is 13.6. The molecule has 2 atom stereocenters. The molecule has 2 heterocycles. The van der Waals surface area contributed by atoms with E-state index in [1.165, 1.54) is 6.07 Å². The van der Waals surface area contributed by atoms with Gasteiger partial charge in [-0.25, -0.2) is 8.42 Å². The van der Waals surface area contributed by atoms with Gasteiger partial charge in [0.05, 0.1) is 5.88 Å². The maximum atomic E-state index is 12.7. The predicted octanol–water partition coefficient (Wildman–Crippen LogP) is 2.84. The maximum Gasteiger partial charge on any atom is 0.246 e. The fourth-order valence-electron chi connectivity index (χ4n) is 2.22. The lowest BCUT2D eigenvalue weighted by atomic mass is 10.2. The number of furan rings is 1. The number of sulfonamides is 1. The van der Waals surface area contributed by atoms with Crippen molar-refractivity contribution in [3.8, 4) is 0 Å². The SMILES string of the molecule is Cc1oc(CCl)cc1S(=O)(=O)N1CCSC(C)C1C. The van der Waals surface area contributed by atoms with E-state index in [1.54, 1.807) is 23.0 Å². The van der Waals surface area contributed by atoms with Gasteiger partial charge < -0.3 is 4.42 Å². The standard InChI is InChI=1S/C12H18ClNO3S2/c1-8-10(3)18-5-4-14(8)19(15,16)12-6-11(7-13)17-9(12)2/h6,8,10H,4-5,7H2,1-3H3. The molecule has 1 saturated heterocycles. The van der Waals surface area contributed by atoms with Crippen molar-refractivity contribution >= 4 is 33.4 Å². The lowest BCUT2D eigenvalue weighted by Crippen LogP contribution is -2.47. The summed E-state index contributed by atoms with van der Waals surface area (Å²) >= 11 is 7.50. The van der Waals surface area contributed by atoms with Crippen LogP contribution in [0.3, 0.4) is 0 Å². The average molecular weight is 324 g/mol. The average Bonchev–Trinajstić information content (AvgIpc) is 2.74. The highest BCUT2D eigenvalue weighted by Crippen LogP contribution is 2.31.